The van der Waals surface area contributed by atoms with E-state index in [0.717, 1.165) is 50.7 Å². The molecule has 1 aromatic rings. The monoisotopic (exact) mass is 340 g/mol. The molecule has 2 heterocycles. The lowest BCUT2D eigenvalue weighted by Gasteiger charge is -2.32. The Hall–Kier alpha value is -1.47. The highest BCUT2D eigenvalue weighted by atomic mass is 32.2. The molecule has 2 saturated heterocycles. The van der Waals surface area contributed by atoms with Crippen molar-refractivity contribution in [3.05, 3.63) is 29.6 Å². The maximum atomic E-state index is 13.9. The molecule has 0 bridgehead atoms. The normalized spacial score (nSPS) is 25.1. The Morgan fingerprint density at radius 1 is 1.26 bits per heavy atom. The number of benzene rings is 1. The third-order valence-electron chi connectivity index (χ3n) is 4.78. The first kappa shape index (κ1) is 16.4. The van der Waals surface area contributed by atoms with E-state index in [9.17, 15) is 17.6 Å². The van der Waals surface area contributed by atoms with Crippen LogP contribution >= 0.6 is 0 Å². The zero-order chi connectivity index (χ0) is 16.6. The Morgan fingerprint density at radius 3 is 2.78 bits per heavy atom. The van der Waals surface area contributed by atoms with Gasteiger partial charge >= 0.3 is 0 Å². The predicted octanol–water partition coefficient (Wildman–Crippen LogP) is 1.59. The van der Waals surface area contributed by atoms with Crippen molar-refractivity contribution in [1.82, 2.24) is 10.2 Å². The number of amides is 1. The Labute approximate surface area is 135 Å². The molecule has 0 aromatic heterocycles. The number of hydrogen-bond donors (Lipinski definition) is 1. The van der Waals surface area contributed by atoms with Crippen LogP contribution < -0.4 is 5.32 Å². The van der Waals surface area contributed by atoms with Crippen molar-refractivity contribution in [1.29, 1.82) is 0 Å². The van der Waals surface area contributed by atoms with Crippen LogP contribution in [0.5, 0.6) is 0 Å². The number of nitrogens with one attached hydrogen (secondary N) is 1. The fourth-order valence-electron chi connectivity index (χ4n) is 3.57. The van der Waals surface area contributed by atoms with E-state index in [1.54, 1.807) is 0 Å². The fraction of sp³-hybridized carbons (Fsp3) is 0.562. The van der Waals surface area contributed by atoms with Gasteiger partial charge in [-0.2, -0.15) is 0 Å². The van der Waals surface area contributed by atoms with Crippen molar-refractivity contribution in [3.63, 3.8) is 0 Å². The van der Waals surface area contributed by atoms with Crippen molar-refractivity contribution in [3.8, 4) is 0 Å². The van der Waals surface area contributed by atoms with Gasteiger partial charge in [0.1, 0.15) is 5.82 Å². The Kier molecular flexibility index (Phi) is 4.42. The Balaban J connectivity index is 1.78. The first-order valence-corrected chi connectivity index (χ1v) is 9.80. The summed E-state index contributed by atoms with van der Waals surface area (Å²) >= 11 is 0. The summed E-state index contributed by atoms with van der Waals surface area (Å²) in [6, 6.07) is 3.65. The Morgan fingerprint density at radius 2 is 2.04 bits per heavy atom. The van der Waals surface area contributed by atoms with Gasteiger partial charge in [-0.05, 0) is 44.0 Å². The summed E-state index contributed by atoms with van der Waals surface area (Å²) in [6.45, 7) is 2.00. The van der Waals surface area contributed by atoms with Crippen LogP contribution in [-0.4, -0.2) is 50.7 Å². The lowest BCUT2D eigenvalue weighted by atomic mass is 9.99. The van der Waals surface area contributed by atoms with Gasteiger partial charge in [-0.25, -0.2) is 12.8 Å². The molecule has 2 fully saturated rings. The quantitative estimate of drug-likeness (QED) is 0.849. The summed E-state index contributed by atoms with van der Waals surface area (Å²) < 4.78 is 37.1. The average Bonchev–Trinajstić information content (AvgIpc) is 2.90. The summed E-state index contributed by atoms with van der Waals surface area (Å²) in [6.07, 6.45) is 5.26. The topological polar surface area (TPSA) is 66.5 Å². The van der Waals surface area contributed by atoms with Crippen LogP contribution in [0.1, 0.15) is 36.0 Å². The molecule has 7 heteroatoms. The van der Waals surface area contributed by atoms with Crippen LogP contribution in [0.15, 0.2) is 23.1 Å². The van der Waals surface area contributed by atoms with Gasteiger partial charge in [-0.15, -0.1) is 0 Å². The molecule has 0 aliphatic carbocycles. The van der Waals surface area contributed by atoms with Gasteiger partial charge < -0.3 is 5.32 Å². The predicted molar refractivity (Wildman–Crippen MR) is 84.6 cm³/mol. The van der Waals surface area contributed by atoms with E-state index in [1.807, 2.05) is 0 Å². The average molecular weight is 340 g/mol. The second-order valence-electron chi connectivity index (χ2n) is 6.38. The SMILES string of the molecule is CS(=O)(=O)c1ccc(F)c(C(=O)N[C@@H]2CCN3CCCC[C@H]23)c1. The van der Waals surface area contributed by atoms with E-state index >= 15 is 0 Å². The van der Waals surface area contributed by atoms with Gasteiger partial charge in [0.25, 0.3) is 5.91 Å². The van der Waals surface area contributed by atoms with Gasteiger partial charge in [-0.1, -0.05) is 6.42 Å². The number of fused-ring (bicyclic) bond motifs is 1. The van der Waals surface area contributed by atoms with Crippen molar-refractivity contribution in [2.45, 2.75) is 42.7 Å². The van der Waals surface area contributed by atoms with Crippen LogP contribution in [0.2, 0.25) is 0 Å². The van der Waals surface area contributed by atoms with Gasteiger partial charge in [0.2, 0.25) is 0 Å². The van der Waals surface area contributed by atoms with Gasteiger partial charge in [-0.3, -0.25) is 9.69 Å². The minimum atomic E-state index is -3.48. The number of halogens is 1. The first-order chi connectivity index (χ1) is 10.9. The van der Waals surface area contributed by atoms with Crippen molar-refractivity contribution in [2.75, 3.05) is 19.3 Å². The fourth-order valence-corrected chi connectivity index (χ4v) is 4.22. The molecule has 2 aliphatic rings. The van der Waals surface area contributed by atoms with E-state index in [4.69, 9.17) is 0 Å². The Bertz CT molecular complexity index is 720. The molecular weight excluding hydrogens is 319 g/mol. The molecule has 0 radical (unpaired) electrons. The first-order valence-electron chi connectivity index (χ1n) is 7.91. The van der Waals surface area contributed by atoms with E-state index in [2.05, 4.69) is 10.2 Å². The second kappa shape index (κ2) is 6.20. The summed E-state index contributed by atoms with van der Waals surface area (Å²) in [5, 5.41) is 2.90. The van der Waals surface area contributed by atoms with Crippen molar-refractivity contribution in [2.24, 2.45) is 0 Å². The summed E-state index contributed by atoms with van der Waals surface area (Å²) in [7, 11) is -3.48. The van der Waals surface area contributed by atoms with Gasteiger partial charge in [0.15, 0.2) is 9.84 Å². The number of piperidine rings is 1. The van der Waals surface area contributed by atoms with Crippen LogP contribution in [0.4, 0.5) is 4.39 Å². The molecule has 3 rings (SSSR count). The second-order valence-corrected chi connectivity index (χ2v) is 8.40. The lowest BCUT2D eigenvalue weighted by molar-refractivity contribution is 0.0911. The van der Waals surface area contributed by atoms with E-state index in [-0.39, 0.29) is 16.5 Å². The molecule has 1 N–H and O–H groups in total. The molecule has 23 heavy (non-hydrogen) atoms. The minimum absolute atomic E-state index is 0.00379. The molecule has 0 saturated carbocycles. The molecular formula is C16H21FN2O3S. The summed E-state index contributed by atoms with van der Waals surface area (Å²) in [5.41, 5.74) is -0.206. The summed E-state index contributed by atoms with van der Waals surface area (Å²) in [4.78, 5) is 14.7. The van der Waals surface area contributed by atoms with Crippen LogP contribution in [-0.2, 0) is 9.84 Å². The molecule has 126 valence electrons. The molecule has 2 aliphatic heterocycles. The number of rotatable bonds is 3. The lowest BCUT2D eigenvalue weighted by Crippen LogP contribution is -2.46. The number of sulfone groups is 1. The van der Waals surface area contributed by atoms with Gasteiger partial charge in [0.05, 0.1) is 10.5 Å². The molecule has 2 atom stereocenters. The standard InChI is InChI=1S/C16H21FN2O3S/c1-23(21,22)11-5-6-13(17)12(10-11)16(20)18-14-7-9-19-8-3-2-4-15(14)19/h5-6,10,14-15H,2-4,7-9H2,1H3,(H,18,20)/t14-,15-/m1/s1. The number of carbonyl (C=O) groups excluding carboxylic acids is 1. The molecule has 5 nitrogen and oxygen atoms in total. The highest BCUT2D eigenvalue weighted by Gasteiger charge is 2.36. The summed E-state index contributed by atoms with van der Waals surface area (Å²) in [5.74, 6) is -1.24. The van der Waals surface area contributed by atoms with E-state index < -0.39 is 21.6 Å². The van der Waals surface area contributed by atoms with Crippen molar-refractivity contribution < 1.29 is 17.6 Å². The minimum Gasteiger partial charge on any atom is -0.348 e. The van der Waals surface area contributed by atoms with Crippen LogP contribution in [0.25, 0.3) is 0 Å². The molecule has 1 amide bonds. The zero-order valence-corrected chi connectivity index (χ0v) is 13.9. The molecule has 1 aromatic carbocycles. The smallest absolute Gasteiger partial charge is 0.254 e. The third kappa shape index (κ3) is 3.40. The van der Waals surface area contributed by atoms with Crippen LogP contribution in [0.3, 0.4) is 0 Å². The maximum Gasteiger partial charge on any atom is 0.254 e. The highest BCUT2D eigenvalue weighted by molar-refractivity contribution is 7.90. The van der Waals surface area contributed by atoms with Crippen molar-refractivity contribution >= 4 is 15.7 Å². The van der Waals surface area contributed by atoms with Gasteiger partial charge in [0, 0.05) is 24.9 Å². The zero-order valence-electron chi connectivity index (χ0n) is 13.1. The van der Waals surface area contributed by atoms with E-state index in [1.165, 1.54) is 12.5 Å². The van der Waals surface area contributed by atoms with E-state index in [0.29, 0.717) is 6.04 Å². The molecule has 0 spiro atoms. The number of carbonyl (C=O) groups is 1. The third-order valence-corrected chi connectivity index (χ3v) is 5.89. The molecule has 0 unspecified atom stereocenters. The maximum absolute atomic E-state index is 13.9. The number of hydrogen-bond acceptors (Lipinski definition) is 4. The largest absolute Gasteiger partial charge is 0.348 e. The number of nitrogens with zero attached hydrogens (tertiary/aromatic N) is 1. The highest BCUT2D eigenvalue weighted by Crippen LogP contribution is 2.27. The van der Waals surface area contributed by atoms with Crippen LogP contribution in [0, 0.1) is 5.82 Å².